The molecule has 16 nitrogen and oxygen atoms in total. The van der Waals surface area contributed by atoms with E-state index in [9.17, 15) is 39.3 Å². The zero-order valence-corrected chi connectivity index (χ0v) is 25.7. The summed E-state index contributed by atoms with van der Waals surface area (Å²) in [7, 11) is 0. The van der Waals surface area contributed by atoms with Gasteiger partial charge in [0.15, 0.2) is 16.6 Å². The molecule has 1 saturated heterocycles. The van der Waals surface area contributed by atoms with E-state index >= 15 is 0 Å². The van der Waals surface area contributed by atoms with E-state index < -0.39 is 57.7 Å². The fourth-order valence-corrected chi connectivity index (χ4v) is 6.26. The Morgan fingerprint density at radius 1 is 1.28 bits per heavy atom. The van der Waals surface area contributed by atoms with Crippen molar-refractivity contribution in [3.63, 3.8) is 0 Å². The number of oxime groups is 1. The van der Waals surface area contributed by atoms with E-state index in [0.29, 0.717) is 11.5 Å². The number of furan rings is 1. The van der Waals surface area contributed by atoms with Gasteiger partial charge in [0.1, 0.15) is 28.6 Å². The second kappa shape index (κ2) is 12.6. The summed E-state index contributed by atoms with van der Waals surface area (Å²) in [6, 6.07) is 3.43. The number of aromatic nitrogens is 2. The molecule has 0 unspecified atom stereocenters. The van der Waals surface area contributed by atoms with Crippen LogP contribution in [0.4, 0.5) is 5.13 Å². The molecule has 3 aromatic rings. The summed E-state index contributed by atoms with van der Waals surface area (Å²) >= 11 is 2.19. The Balaban J connectivity index is 1.38. The van der Waals surface area contributed by atoms with Gasteiger partial charge in [-0.3, -0.25) is 19.3 Å². The maximum Gasteiger partial charge on any atom is 0.352 e. The molecule has 0 saturated carbocycles. The highest BCUT2D eigenvalue weighted by molar-refractivity contribution is 8.00. The Morgan fingerprint density at radius 2 is 2.04 bits per heavy atom. The lowest BCUT2D eigenvalue weighted by Gasteiger charge is -2.49. The van der Waals surface area contributed by atoms with Crippen LogP contribution in [0.25, 0.3) is 6.08 Å². The number of pyridine rings is 1. The van der Waals surface area contributed by atoms with Crippen LogP contribution < -0.4 is 16.5 Å². The molecule has 2 amide bonds. The largest absolute Gasteiger partial charge is 0.503 e. The van der Waals surface area contributed by atoms with Crippen LogP contribution >= 0.6 is 23.1 Å². The van der Waals surface area contributed by atoms with Crippen molar-refractivity contribution in [2.24, 2.45) is 5.16 Å². The number of aromatic hydroxyl groups is 1. The number of amides is 2. The Hall–Kier alpha value is -5.36. The number of nitrogens with two attached hydrogens (primary N) is 1. The molecule has 0 bridgehead atoms. The number of fused-ring (bicyclic) bond motifs is 1. The van der Waals surface area contributed by atoms with Crippen molar-refractivity contribution in [3.05, 3.63) is 80.8 Å². The van der Waals surface area contributed by atoms with Gasteiger partial charge in [0.2, 0.25) is 11.0 Å². The molecule has 2 aliphatic rings. The van der Waals surface area contributed by atoms with Gasteiger partial charge in [-0.2, -0.15) is 0 Å². The number of thioether (sulfide) groups is 1. The van der Waals surface area contributed by atoms with E-state index in [1.54, 1.807) is 16.7 Å². The van der Waals surface area contributed by atoms with Gasteiger partial charge >= 0.3 is 11.9 Å². The fourth-order valence-electron chi connectivity index (χ4n) is 4.39. The number of nitrogens with zero attached hydrogens (tertiary/aromatic N) is 4. The lowest BCUT2D eigenvalue weighted by atomic mass is 10.0. The van der Waals surface area contributed by atoms with Gasteiger partial charge in [-0.25, -0.2) is 14.6 Å². The summed E-state index contributed by atoms with van der Waals surface area (Å²) in [4.78, 5) is 72.7. The third kappa shape index (κ3) is 6.38. The quantitative estimate of drug-likeness (QED) is 0.110. The van der Waals surface area contributed by atoms with Crippen molar-refractivity contribution in [1.29, 1.82) is 0 Å². The second-order valence-corrected chi connectivity index (χ2v) is 12.4. The minimum absolute atomic E-state index is 0.0144. The standard InChI is InChI=1S/C28H26N6O10S2/c1-28(2,26(41)42)44-32-19(16-12-46-27(29)30-16)22(37)31-20-23(38)34-21(25(39)40)13(11-45-24(20)34)5-6-14-8-17(35)18(36)10-33(14)9-15-4-3-7-43-15/h3-8,10,12,20,24,36H,9,11H2,1-2H3,(H2,29,30)(H,31,37)(H,39,40)(H,41,42)/t20-,24-/m1/s1. The molecule has 2 aliphatic heterocycles. The number of hydrogen-bond acceptors (Lipinski definition) is 13. The third-order valence-electron chi connectivity index (χ3n) is 6.85. The summed E-state index contributed by atoms with van der Waals surface area (Å²) in [6.45, 7) is 2.62. The molecule has 3 aromatic heterocycles. The molecule has 2 atom stereocenters. The molecule has 240 valence electrons. The van der Waals surface area contributed by atoms with E-state index in [1.807, 2.05) is 0 Å². The Kier molecular flexibility index (Phi) is 8.75. The van der Waals surface area contributed by atoms with E-state index in [2.05, 4.69) is 15.5 Å². The van der Waals surface area contributed by atoms with Gasteiger partial charge in [-0.1, -0.05) is 11.2 Å². The number of nitrogen functional groups attached to an aromatic ring is 1. The molecule has 0 aromatic carbocycles. The maximum absolute atomic E-state index is 13.3. The first-order valence-electron chi connectivity index (χ1n) is 13.3. The SMILES string of the molecule is CC(C)(ON=C(C(=O)N[C@@H]1C(=O)N2C(C(=O)O)=C(C=Cc3cc(=O)c(O)cn3Cc3ccco3)CS[C@H]12)c1csc(N)n1)C(=O)O. The van der Waals surface area contributed by atoms with Crippen molar-refractivity contribution in [3.8, 4) is 5.75 Å². The predicted octanol–water partition coefficient (Wildman–Crippen LogP) is 1.27. The minimum atomic E-state index is -1.80. The Morgan fingerprint density at radius 3 is 2.67 bits per heavy atom. The lowest BCUT2D eigenvalue weighted by molar-refractivity contribution is -0.161. The van der Waals surface area contributed by atoms with Gasteiger partial charge in [0, 0.05) is 22.9 Å². The molecule has 5 rings (SSSR count). The smallest absolute Gasteiger partial charge is 0.352 e. The van der Waals surface area contributed by atoms with E-state index in [1.165, 1.54) is 61.7 Å². The highest BCUT2D eigenvalue weighted by atomic mass is 32.2. The van der Waals surface area contributed by atoms with Crippen LogP contribution in [0.5, 0.6) is 5.75 Å². The number of anilines is 1. The number of nitrogens with one attached hydrogen (secondary N) is 1. The summed E-state index contributed by atoms with van der Waals surface area (Å²) in [5.41, 5.74) is 3.11. The van der Waals surface area contributed by atoms with Crippen molar-refractivity contribution in [2.75, 3.05) is 11.5 Å². The molecule has 46 heavy (non-hydrogen) atoms. The van der Waals surface area contributed by atoms with Crippen LogP contribution in [0, 0.1) is 0 Å². The van der Waals surface area contributed by atoms with E-state index in [4.69, 9.17) is 15.0 Å². The monoisotopic (exact) mass is 670 g/mol. The summed E-state index contributed by atoms with van der Waals surface area (Å²) in [6.07, 6.45) is 5.67. The van der Waals surface area contributed by atoms with Crippen LogP contribution in [-0.4, -0.2) is 82.0 Å². The average molecular weight is 671 g/mol. The Bertz CT molecular complexity index is 1870. The molecule has 1 fully saturated rings. The molecular formula is C28H26N6O10S2. The van der Waals surface area contributed by atoms with Crippen LogP contribution in [0.15, 0.2) is 67.8 Å². The van der Waals surface area contributed by atoms with Gasteiger partial charge in [-0.15, -0.1) is 23.1 Å². The number of aliphatic carboxylic acids is 2. The highest BCUT2D eigenvalue weighted by Gasteiger charge is 2.54. The summed E-state index contributed by atoms with van der Waals surface area (Å²) < 4.78 is 6.90. The number of rotatable bonds is 11. The highest BCUT2D eigenvalue weighted by Crippen LogP contribution is 2.41. The molecule has 5 heterocycles. The first-order chi connectivity index (χ1) is 21.8. The number of carboxylic acid groups (broad SMARTS) is 2. The molecular weight excluding hydrogens is 644 g/mol. The minimum Gasteiger partial charge on any atom is -0.503 e. The number of allylic oxidation sites excluding steroid dienone is 1. The fraction of sp³-hybridized carbons (Fsp3) is 0.250. The van der Waals surface area contributed by atoms with Gasteiger partial charge in [0.05, 0.1) is 19.0 Å². The van der Waals surface area contributed by atoms with Crippen molar-refractivity contribution in [2.45, 2.75) is 37.4 Å². The van der Waals surface area contributed by atoms with Crippen LogP contribution in [0.2, 0.25) is 0 Å². The van der Waals surface area contributed by atoms with Crippen LogP contribution in [0.3, 0.4) is 0 Å². The van der Waals surface area contributed by atoms with Crippen molar-refractivity contribution >= 4 is 63.8 Å². The summed E-state index contributed by atoms with van der Waals surface area (Å²) in [5, 5.41) is 36.3. The second-order valence-electron chi connectivity index (χ2n) is 10.4. The first kappa shape index (κ1) is 32.0. The van der Waals surface area contributed by atoms with Gasteiger partial charge in [0.25, 0.3) is 11.8 Å². The van der Waals surface area contributed by atoms with Gasteiger partial charge < -0.3 is 40.2 Å². The Labute approximate surface area is 267 Å². The van der Waals surface area contributed by atoms with E-state index in [0.717, 1.165) is 16.2 Å². The number of carboxylic acids is 2. The average Bonchev–Trinajstić information content (AvgIpc) is 3.68. The molecule has 0 radical (unpaired) electrons. The van der Waals surface area contributed by atoms with Crippen LogP contribution in [0.1, 0.15) is 31.0 Å². The zero-order valence-electron chi connectivity index (χ0n) is 24.1. The topological polar surface area (TPSA) is 240 Å². The third-order valence-corrected chi connectivity index (χ3v) is 8.83. The molecule has 0 aliphatic carbocycles. The number of β-lactam (4-membered cyclic amide) rings is 1. The lowest BCUT2D eigenvalue weighted by Crippen LogP contribution is -2.71. The zero-order chi connectivity index (χ0) is 33.3. The number of thiazole rings is 1. The van der Waals surface area contributed by atoms with Gasteiger partial charge in [-0.05, 0) is 37.6 Å². The normalized spacial score (nSPS) is 18.3. The maximum atomic E-state index is 13.3. The van der Waals surface area contributed by atoms with Crippen LogP contribution in [-0.2, 0) is 30.6 Å². The number of carbonyl (C=O) groups excluding carboxylic acids is 2. The summed E-state index contributed by atoms with van der Waals surface area (Å²) in [5.74, 6) is -4.17. The predicted molar refractivity (Wildman–Crippen MR) is 165 cm³/mol. The first-order valence-corrected chi connectivity index (χ1v) is 15.3. The number of hydrogen-bond donors (Lipinski definition) is 5. The van der Waals surface area contributed by atoms with Crippen molar-refractivity contribution in [1.82, 2.24) is 19.8 Å². The molecule has 6 N–H and O–H groups in total. The number of carbonyl (C=O) groups is 4. The van der Waals surface area contributed by atoms with E-state index in [-0.39, 0.29) is 34.4 Å². The molecule has 0 spiro atoms. The van der Waals surface area contributed by atoms with Crippen molar-refractivity contribution < 1.29 is 43.8 Å². The molecule has 18 heteroatoms.